The van der Waals surface area contributed by atoms with E-state index in [0.29, 0.717) is 11.9 Å². The molecule has 1 aromatic carbocycles. The summed E-state index contributed by atoms with van der Waals surface area (Å²) in [6.45, 7) is 6.80. The largest absolute Gasteiger partial charge is 0.383 e. The van der Waals surface area contributed by atoms with Crippen LogP contribution in [0.15, 0.2) is 30.6 Å². The molecule has 26 heavy (non-hydrogen) atoms. The molecule has 1 aliphatic heterocycles. The van der Waals surface area contributed by atoms with Crippen LogP contribution < -0.4 is 16.0 Å². The fourth-order valence-corrected chi connectivity index (χ4v) is 3.74. The number of nitrogens with zero attached hydrogens (tertiary/aromatic N) is 4. The van der Waals surface area contributed by atoms with Crippen molar-refractivity contribution >= 4 is 23.2 Å². The quantitative estimate of drug-likeness (QED) is 0.808. The molecule has 1 aliphatic rings. The zero-order valence-corrected chi connectivity index (χ0v) is 16.2. The molecule has 140 valence electrons. The van der Waals surface area contributed by atoms with Crippen LogP contribution in [-0.2, 0) is 6.42 Å². The van der Waals surface area contributed by atoms with E-state index in [1.165, 1.54) is 5.56 Å². The Morgan fingerprint density at radius 2 is 1.85 bits per heavy atom. The molecule has 0 radical (unpaired) electrons. The first-order valence-electron chi connectivity index (χ1n) is 9.12. The number of nitrogens with one attached hydrogen (secondary N) is 1. The van der Waals surface area contributed by atoms with E-state index in [2.05, 4.69) is 44.1 Å². The number of aromatic nitrogens is 2. The van der Waals surface area contributed by atoms with Crippen molar-refractivity contribution in [2.75, 3.05) is 50.4 Å². The molecular weight excluding hydrogens is 348 g/mol. The number of hydrogen-bond acceptors (Lipinski definition) is 6. The maximum absolute atomic E-state index is 6.05. The van der Waals surface area contributed by atoms with E-state index < -0.39 is 0 Å². The fourth-order valence-electron chi connectivity index (χ4n) is 3.61. The summed E-state index contributed by atoms with van der Waals surface area (Å²) in [6, 6.07) is 8.51. The van der Waals surface area contributed by atoms with Crippen LogP contribution in [0.5, 0.6) is 0 Å². The van der Waals surface area contributed by atoms with Gasteiger partial charge in [0, 0.05) is 49.4 Å². The van der Waals surface area contributed by atoms with Gasteiger partial charge >= 0.3 is 0 Å². The van der Waals surface area contributed by atoms with Crippen molar-refractivity contribution in [3.05, 3.63) is 46.7 Å². The van der Waals surface area contributed by atoms with E-state index in [0.717, 1.165) is 55.5 Å². The molecular formula is C19H27ClN6. The molecule has 7 heteroatoms. The van der Waals surface area contributed by atoms with Gasteiger partial charge in [-0.2, -0.15) is 0 Å². The molecule has 1 fully saturated rings. The minimum atomic E-state index is 0.334. The van der Waals surface area contributed by atoms with Gasteiger partial charge in [0.2, 0.25) is 0 Å². The van der Waals surface area contributed by atoms with Crippen molar-refractivity contribution < 1.29 is 0 Å². The smallest absolute Gasteiger partial charge is 0.137 e. The van der Waals surface area contributed by atoms with Crippen LogP contribution in [0.25, 0.3) is 0 Å². The van der Waals surface area contributed by atoms with Crippen molar-refractivity contribution in [2.45, 2.75) is 19.4 Å². The number of rotatable bonds is 6. The van der Waals surface area contributed by atoms with E-state index in [1.54, 1.807) is 6.33 Å². The molecule has 0 bridgehead atoms. The molecule has 1 saturated heterocycles. The average molecular weight is 375 g/mol. The third-order valence-corrected chi connectivity index (χ3v) is 5.27. The van der Waals surface area contributed by atoms with Crippen LogP contribution in [-0.4, -0.2) is 54.6 Å². The number of benzene rings is 1. The second-order valence-corrected chi connectivity index (χ2v) is 7.00. The van der Waals surface area contributed by atoms with Gasteiger partial charge in [0.05, 0.1) is 0 Å². The van der Waals surface area contributed by atoms with Gasteiger partial charge in [0.25, 0.3) is 0 Å². The van der Waals surface area contributed by atoms with Crippen molar-refractivity contribution in [1.82, 2.24) is 20.2 Å². The average Bonchev–Trinajstić information content (AvgIpc) is 2.67. The second kappa shape index (κ2) is 8.66. The topological polar surface area (TPSA) is 70.3 Å². The Balaban J connectivity index is 1.72. The van der Waals surface area contributed by atoms with Crippen LogP contribution in [0.2, 0.25) is 5.02 Å². The number of nitrogen functional groups attached to an aromatic ring is 1. The van der Waals surface area contributed by atoms with Gasteiger partial charge in [-0.25, -0.2) is 9.97 Å². The molecule has 1 atom stereocenters. The molecule has 0 aliphatic carbocycles. The Labute approximate surface area is 160 Å². The highest BCUT2D eigenvalue weighted by Crippen LogP contribution is 2.27. The molecule has 1 unspecified atom stereocenters. The van der Waals surface area contributed by atoms with E-state index in [9.17, 15) is 0 Å². The Morgan fingerprint density at radius 3 is 2.46 bits per heavy atom. The third-order valence-electron chi connectivity index (χ3n) is 5.02. The van der Waals surface area contributed by atoms with E-state index in [1.807, 2.05) is 19.2 Å². The Kier molecular flexibility index (Phi) is 6.29. The standard InChI is InChI=1S/C19H27ClN6/c1-3-16-18(21)23-13-24-19(16)26-10-8-25(9-11-26)17(12-22-2)14-4-6-15(20)7-5-14/h4-7,13,17,22H,3,8-12H2,1-2H3,(H2,21,23,24). The lowest BCUT2D eigenvalue weighted by atomic mass is 10.0. The Morgan fingerprint density at radius 1 is 1.15 bits per heavy atom. The van der Waals surface area contributed by atoms with Gasteiger partial charge in [-0.05, 0) is 31.2 Å². The highest BCUT2D eigenvalue weighted by atomic mass is 35.5. The molecule has 1 aromatic heterocycles. The van der Waals surface area contributed by atoms with Crippen molar-refractivity contribution in [3.63, 3.8) is 0 Å². The SMILES string of the molecule is CCc1c(N)ncnc1N1CCN(C(CNC)c2ccc(Cl)cc2)CC1. The summed E-state index contributed by atoms with van der Waals surface area (Å²) in [5, 5.41) is 4.09. The summed E-state index contributed by atoms with van der Waals surface area (Å²) in [7, 11) is 2.00. The first kappa shape index (κ1) is 18.9. The number of hydrogen-bond donors (Lipinski definition) is 2. The van der Waals surface area contributed by atoms with Gasteiger partial charge in [-0.3, -0.25) is 4.90 Å². The van der Waals surface area contributed by atoms with Crippen molar-refractivity contribution in [2.24, 2.45) is 0 Å². The van der Waals surface area contributed by atoms with Crippen LogP contribution in [0.3, 0.4) is 0 Å². The molecule has 0 amide bonds. The summed E-state index contributed by atoms with van der Waals surface area (Å²) in [6.07, 6.45) is 2.41. The lowest BCUT2D eigenvalue weighted by molar-refractivity contribution is 0.183. The first-order valence-corrected chi connectivity index (χ1v) is 9.50. The highest BCUT2D eigenvalue weighted by molar-refractivity contribution is 6.30. The normalized spacial score (nSPS) is 16.7. The fraction of sp³-hybridized carbons (Fsp3) is 0.474. The molecule has 2 heterocycles. The molecule has 3 N–H and O–H groups in total. The minimum absolute atomic E-state index is 0.334. The van der Waals surface area contributed by atoms with Gasteiger partial charge < -0.3 is 16.0 Å². The van der Waals surface area contributed by atoms with Crippen molar-refractivity contribution in [1.29, 1.82) is 0 Å². The summed E-state index contributed by atoms with van der Waals surface area (Å²) in [4.78, 5) is 13.5. The van der Waals surface area contributed by atoms with Gasteiger partial charge in [0.1, 0.15) is 18.0 Å². The third kappa shape index (κ3) is 4.09. The number of nitrogens with two attached hydrogens (primary N) is 1. The molecule has 2 aromatic rings. The van der Waals surface area contributed by atoms with Gasteiger partial charge in [0.15, 0.2) is 0 Å². The molecule has 0 saturated carbocycles. The summed E-state index contributed by atoms with van der Waals surface area (Å²) < 4.78 is 0. The van der Waals surface area contributed by atoms with Gasteiger partial charge in [-0.1, -0.05) is 30.7 Å². The van der Waals surface area contributed by atoms with Crippen LogP contribution in [0.4, 0.5) is 11.6 Å². The zero-order chi connectivity index (χ0) is 18.5. The first-order chi connectivity index (χ1) is 12.6. The highest BCUT2D eigenvalue weighted by Gasteiger charge is 2.26. The zero-order valence-electron chi connectivity index (χ0n) is 15.5. The predicted molar refractivity (Wildman–Crippen MR) is 108 cm³/mol. The molecule has 0 spiro atoms. The summed E-state index contributed by atoms with van der Waals surface area (Å²) >= 11 is 6.05. The van der Waals surface area contributed by atoms with E-state index >= 15 is 0 Å². The van der Waals surface area contributed by atoms with Crippen molar-refractivity contribution in [3.8, 4) is 0 Å². The van der Waals surface area contributed by atoms with E-state index in [4.69, 9.17) is 17.3 Å². The molecule has 6 nitrogen and oxygen atoms in total. The predicted octanol–water partition coefficient (Wildman–Crippen LogP) is 2.36. The lowest BCUT2D eigenvalue weighted by Gasteiger charge is -2.40. The number of piperazine rings is 1. The van der Waals surface area contributed by atoms with Crippen LogP contribution >= 0.6 is 11.6 Å². The number of anilines is 2. The minimum Gasteiger partial charge on any atom is -0.383 e. The van der Waals surface area contributed by atoms with Crippen LogP contribution in [0.1, 0.15) is 24.1 Å². The summed E-state index contributed by atoms with van der Waals surface area (Å²) in [5.74, 6) is 1.57. The van der Waals surface area contributed by atoms with Gasteiger partial charge in [-0.15, -0.1) is 0 Å². The van der Waals surface area contributed by atoms with Crippen LogP contribution in [0, 0.1) is 0 Å². The summed E-state index contributed by atoms with van der Waals surface area (Å²) in [5.41, 5.74) is 8.37. The lowest BCUT2D eigenvalue weighted by Crippen LogP contribution is -2.49. The maximum atomic E-state index is 6.05. The van der Waals surface area contributed by atoms with E-state index in [-0.39, 0.29) is 0 Å². The molecule has 3 rings (SSSR count). The monoisotopic (exact) mass is 374 g/mol. The Hall–Kier alpha value is -1.89. The maximum Gasteiger partial charge on any atom is 0.137 e. The number of halogens is 1. The second-order valence-electron chi connectivity index (χ2n) is 6.56. The Bertz CT molecular complexity index is 712. The number of likely N-dealkylation sites (N-methyl/N-ethyl adjacent to an activating group) is 1.